The maximum Gasteiger partial charge on any atom is 0.347 e. The van der Waals surface area contributed by atoms with Gasteiger partial charge in [-0.3, -0.25) is 0 Å². The van der Waals surface area contributed by atoms with Crippen molar-refractivity contribution in [2.24, 2.45) is 5.92 Å². The molecule has 1 unspecified atom stereocenters. The summed E-state index contributed by atoms with van der Waals surface area (Å²) in [5.41, 5.74) is 0.890. The molecule has 92 valence electrons. The molecule has 2 heterocycles. The summed E-state index contributed by atoms with van der Waals surface area (Å²) in [6.07, 6.45) is 4.90. The number of piperidine rings is 1. The van der Waals surface area contributed by atoms with Gasteiger partial charge in [0.05, 0.1) is 0 Å². The Hall–Kier alpha value is -1.32. The second-order valence-electron chi connectivity index (χ2n) is 5.47. The minimum absolute atomic E-state index is 0.192. The van der Waals surface area contributed by atoms with Gasteiger partial charge >= 0.3 is 5.69 Å². The molecule has 0 bridgehead atoms. The van der Waals surface area contributed by atoms with E-state index in [0.29, 0.717) is 11.8 Å². The average molecular weight is 233 g/mol. The first-order valence-corrected chi connectivity index (χ1v) is 6.58. The van der Waals surface area contributed by atoms with Crippen LogP contribution in [0.5, 0.6) is 0 Å². The van der Waals surface area contributed by atoms with Crippen molar-refractivity contribution in [2.75, 3.05) is 18.0 Å². The monoisotopic (exact) mass is 233 g/mol. The molecular weight excluding hydrogens is 214 g/mol. The highest BCUT2D eigenvalue weighted by molar-refractivity contribution is 5.40. The fourth-order valence-corrected chi connectivity index (χ4v) is 2.64. The minimum atomic E-state index is -0.192. The Balaban J connectivity index is 1.88. The Kier molecular flexibility index (Phi) is 2.65. The van der Waals surface area contributed by atoms with E-state index in [1.165, 1.54) is 25.7 Å². The molecule has 1 aromatic heterocycles. The van der Waals surface area contributed by atoms with Gasteiger partial charge in [0.1, 0.15) is 5.82 Å². The molecular formula is C13H19N3O. The molecule has 4 heteroatoms. The van der Waals surface area contributed by atoms with Crippen LogP contribution in [0.3, 0.4) is 0 Å². The van der Waals surface area contributed by atoms with E-state index in [2.05, 4.69) is 27.9 Å². The van der Waals surface area contributed by atoms with Crippen molar-refractivity contribution in [3.8, 4) is 0 Å². The highest BCUT2D eigenvalue weighted by atomic mass is 16.1. The quantitative estimate of drug-likeness (QED) is 0.848. The van der Waals surface area contributed by atoms with E-state index >= 15 is 0 Å². The number of aromatic amines is 1. The Bertz CT molecular complexity index is 464. The van der Waals surface area contributed by atoms with E-state index in [0.717, 1.165) is 24.6 Å². The summed E-state index contributed by atoms with van der Waals surface area (Å²) in [5, 5.41) is 0. The zero-order valence-electron chi connectivity index (χ0n) is 10.3. The van der Waals surface area contributed by atoms with Gasteiger partial charge in [-0.25, -0.2) is 4.79 Å². The van der Waals surface area contributed by atoms with Gasteiger partial charge in [0.15, 0.2) is 0 Å². The molecule has 1 saturated carbocycles. The number of hydrogen-bond donors (Lipinski definition) is 1. The van der Waals surface area contributed by atoms with Crippen LogP contribution in [0, 0.1) is 5.92 Å². The van der Waals surface area contributed by atoms with Crippen LogP contribution in [0.15, 0.2) is 10.9 Å². The second-order valence-corrected chi connectivity index (χ2v) is 5.47. The standard InChI is InChI=1S/C13H19N3O/c1-9-3-2-6-16(8-9)12-7-11(10-4-5-10)14-13(17)15-12/h7,9-10H,2-6,8H2,1H3,(H,14,15,17). The van der Waals surface area contributed by atoms with E-state index in [9.17, 15) is 4.79 Å². The molecule has 1 saturated heterocycles. The third-order valence-corrected chi connectivity index (χ3v) is 3.75. The van der Waals surface area contributed by atoms with Crippen molar-refractivity contribution < 1.29 is 0 Å². The van der Waals surface area contributed by atoms with Gasteiger partial charge in [0.2, 0.25) is 0 Å². The molecule has 0 aromatic carbocycles. The maximum atomic E-state index is 11.6. The van der Waals surface area contributed by atoms with Gasteiger partial charge in [-0.15, -0.1) is 0 Å². The molecule has 1 aliphatic carbocycles. The molecule has 3 rings (SSSR count). The number of aromatic nitrogens is 2. The number of hydrogen-bond acceptors (Lipinski definition) is 3. The lowest BCUT2D eigenvalue weighted by Crippen LogP contribution is -2.36. The highest BCUT2D eigenvalue weighted by Crippen LogP contribution is 2.39. The molecule has 0 radical (unpaired) electrons. The zero-order valence-corrected chi connectivity index (χ0v) is 10.3. The van der Waals surface area contributed by atoms with E-state index in [1.807, 2.05) is 0 Å². The molecule has 0 amide bonds. The normalized spacial score (nSPS) is 25.0. The van der Waals surface area contributed by atoms with Gasteiger partial charge in [-0.05, 0) is 37.5 Å². The minimum Gasteiger partial charge on any atom is -0.356 e. The first-order chi connectivity index (χ1) is 8.22. The van der Waals surface area contributed by atoms with Crippen LogP contribution >= 0.6 is 0 Å². The van der Waals surface area contributed by atoms with Gasteiger partial charge in [0.25, 0.3) is 0 Å². The lowest BCUT2D eigenvalue weighted by Gasteiger charge is -2.31. The number of rotatable bonds is 2. The largest absolute Gasteiger partial charge is 0.356 e. The van der Waals surface area contributed by atoms with Crippen LogP contribution in [0.1, 0.15) is 44.2 Å². The van der Waals surface area contributed by atoms with E-state index in [4.69, 9.17) is 0 Å². The summed E-state index contributed by atoms with van der Waals surface area (Å²) < 4.78 is 0. The predicted molar refractivity (Wildman–Crippen MR) is 67.4 cm³/mol. The van der Waals surface area contributed by atoms with Crippen molar-refractivity contribution in [1.29, 1.82) is 0 Å². The number of anilines is 1. The molecule has 2 fully saturated rings. The Morgan fingerprint density at radius 1 is 1.41 bits per heavy atom. The van der Waals surface area contributed by atoms with Crippen LogP contribution in [-0.4, -0.2) is 23.1 Å². The zero-order chi connectivity index (χ0) is 11.8. The topological polar surface area (TPSA) is 49.0 Å². The van der Waals surface area contributed by atoms with Gasteiger partial charge in [-0.1, -0.05) is 6.92 Å². The predicted octanol–water partition coefficient (Wildman–Crippen LogP) is 1.88. The smallest absolute Gasteiger partial charge is 0.347 e. The van der Waals surface area contributed by atoms with Crippen molar-refractivity contribution >= 4 is 5.82 Å². The van der Waals surface area contributed by atoms with Crippen molar-refractivity contribution in [3.05, 3.63) is 22.2 Å². The Morgan fingerprint density at radius 3 is 2.94 bits per heavy atom. The first kappa shape index (κ1) is 10.8. The fourth-order valence-electron chi connectivity index (χ4n) is 2.64. The van der Waals surface area contributed by atoms with E-state index < -0.39 is 0 Å². The summed E-state index contributed by atoms with van der Waals surface area (Å²) in [4.78, 5) is 20.8. The summed E-state index contributed by atoms with van der Waals surface area (Å²) in [6, 6.07) is 2.08. The van der Waals surface area contributed by atoms with Crippen LogP contribution in [0.4, 0.5) is 5.82 Å². The van der Waals surface area contributed by atoms with Gasteiger partial charge in [-0.2, -0.15) is 4.98 Å². The van der Waals surface area contributed by atoms with Gasteiger partial charge < -0.3 is 9.88 Å². The fraction of sp³-hybridized carbons (Fsp3) is 0.692. The molecule has 4 nitrogen and oxygen atoms in total. The molecule has 0 spiro atoms. The third kappa shape index (κ3) is 2.35. The van der Waals surface area contributed by atoms with Crippen molar-refractivity contribution in [2.45, 2.75) is 38.5 Å². The molecule has 2 aliphatic rings. The Morgan fingerprint density at radius 2 is 2.24 bits per heavy atom. The first-order valence-electron chi connectivity index (χ1n) is 6.58. The number of H-pyrrole nitrogens is 1. The Labute approximate surface area is 101 Å². The molecule has 17 heavy (non-hydrogen) atoms. The summed E-state index contributed by atoms with van der Waals surface area (Å²) in [7, 11) is 0. The molecule has 1 aliphatic heterocycles. The summed E-state index contributed by atoms with van der Waals surface area (Å²) in [5.74, 6) is 2.16. The summed E-state index contributed by atoms with van der Waals surface area (Å²) >= 11 is 0. The third-order valence-electron chi connectivity index (χ3n) is 3.75. The molecule has 1 atom stereocenters. The van der Waals surface area contributed by atoms with Crippen molar-refractivity contribution in [1.82, 2.24) is 9.97 Å². The summed E-state index contributed by atoms with van der Waals surface area (Å²) in [6.45, 7) is 4.33. The van der Waals surface area contributed by atoms with E-state index in [1.54, 1.807) is 0 Å². The van der Waals surface area contributed by atoms with Crippen LogP contribution in [-0.2, 0) is 0 Å². The maximum absolute atomic E-state index is 11.6. The number of nitrogens with zero attached hydrogens (tertiary/aromatic N) is 2. The molecule has 1 aromatic rings. The van der Waals surface area contributed by atoms with Gasteiger partial charge in [0, 0.05) is 24.8 Å². The molecule has 1 N–H and O–H groups in total. The van der Waals surface area contributed by atoms with E-state index in [-0.39, 0.29) is 5.69 Å². The average Bonchev–Trinajstić information content (AvgIpc) is 3.12. The van der Waals surface area contributed by atoms with Crippen LogP contribution in [0.25, 0.3) is 0 Å². The highest BCUT2D eigenvalue weighted by Gasteiger charge is 2.26. The van der Waals surface area contributed by atoms with Crippen molar-refractivity contribution in [3.63, 3.8) is 0 Å². The SMILES string of the molecule is CC1CCCN(c2cc(C3CC3)[nH]c(=O)n2)C1. The van der Waals surface area contributed by atoms with Crippen LogP contribution < -0.4 is 10.6 Å². The second kappa shape index (κ2) is 4.17. The van der Waals surface area contributed by atoms with Crippen LogP contribution in [0.2, 0.25) is 0 Å². The lowest BCUT2D eigenvalue weighted by molar-refractivity contribution is 0.444. The lowest BCUT2D eigenvalue weighted by atomic mass is 10.0. The number of nitrogens with one attached hydrogen (secondary N) is 1.